The van der Waals surface area contributed by atoms with E-state index in [4.69, 9.17) is 0 Å². The highest BCUT2D eigenvalue weighted by Gasteiger charge is 1.98. The number of rotatable bonds is 30. The molecule has 0 aliphatic carbocycles. The van der Waals surface area contributed by atoms with Crippen LogP contribution in [0.3, 0.4) is 0 Å². The average Bonchev–Trinajstić information content (AvgIpc) is 3.02. The molecule has 244 valence electrons. The van der Waals surface area contributed by atoms with Gasteiger partial charge in [0.1, 0.15) is 0 Å². The van der Waals surface area contributed by atoms with Crippen LogP contribution in [0.15, 0.2) is 57.5 Å². The summed E-state index contributed by atoms with van der Waals surface area (Å²) in [5.74, 6) is 2.79. The second-order valence-electron chi connectivity index (χ2n) is 12.9. The minimum Gasteiger partial charge on any atom is -0.162 e. The molecule has 0 fully saturated rings. The van der Waals surface area contributed by atoms with E-state index in [-0.39, 0.29) is 0 Å². The van der Waals surface area contributed by atoms with E-state index in [1.54, 1.807) is 0 Å². The molecule has 3 heteroatoms. The van der Waals surface area contributed by atoms with Crippen LogP contribution in [0.25, 0.3) is 0 Å². The standard InChI is InChI=1S/C40H64Br2S/c41-39-31-27-37(28-32-39)25-21-17-13-9-5-1-3-7-11-15-19-23-35-43-36-24-20-16-12-8-4-2-6-10-14-18-22-26-38-29-33-40(42)34-30-38/h27-34H,1-26,35-36H2. The summed E-state index contributed by atoms with van der Waals surface area (Å²) in [4.78, 5) is 0. The number of hydrogen-bond donors (Lipinski definition) is 0. The molecule has 0 spiro atoms. The zero-order chi connectivity index (χ0) is 30.5. The first-order valence-electron chi connectivity index (χ1n) is 18.3. The van der Waals surface area contributed by atoms with E-state index in [2.05, 4.69) is 92.2 Å². The van der Waals surface area contributed by atoms with Crippen molar-refractivity contribution in [2.45, 2.75) is 167 Å². The maximum Gasteiger partial charge on any atom is 0.0175 e. The highest BCUT2D eigenvalue weighted by molar-refractivity contribution is 9.10. The quantitative estimate of drug-likeness (QED) is 0.0720. The van der Waals surface area contributed by atoms with Crippen molar-refractivity contribution < 1.29 is 0 Å². The number of benzene rings is 2. The van der Waals surface area contributed by atoms with Crippen molar-refractivity contribution in [1.82, 2.24) is 0 Å². The van der Waals surface area contributed by atoms with Crippen LogP contribution in [0.5, 0.6) is 0 Å². The van der Waals surface area contributed by atoms with Gasteiger partial charge in [0, 0.05) is 8.95 Å². The highest BCUT2D eigenvalue weighted by atomic mass is 79.9. The Bertz CT molecular complexity index is 776. The summed E-state index contributed by atoms with van der Waals surface area (Å²) >= 11 is 9.25. The highest BCUT2D eigenvalue weighted by Crippen LogP contribution is 2.18. The lowest BCUT2D eigenvalue weighted by molar-refractivity contribution is 0.544. The molecule has 0 bridgehead atoms. The molecule has 0 heterocycles. The first kappa shape index (κ1) is 38.9. The molecule has 0 saturated heterocycles. The molecule has 43 heavy (non-hydrogen) atoms. The van der Waals surface area contributed by atoms with Crippen LogP contribution in [-0.4, -0.2) is 11.5 Å². The smallest absolute Gasteiger partial charge is 0.0175 e. The molecule has 0 saturated carbocycles. The van der Waals surface area contributed by atoms with E-state index in [0.29, 0.717) is 0 Å². The molecular weight excluding hydrogens is 672 g/mol. The fourth-order valence-electron chi connectivity index (χ4n) is 6.01. The first-order chi connectivity index (χ1) is 21.2. The van der Waals surface area contributed by atoms with Gasteiger partial charge in [-0.2, -0.15) is 11.8 Å². The third-order valence-corrected chi connectivity index (χ3v) is 11.0. The van der Waals surface area contributed by atoms with Gasteiger partial charge in [-0.15, -0.1) is 0 Å². The minimum atomic E-state index is 1.18. The second-order valence-corrected chi connectivity index (χ2v) is 15.9. The zero-order valence-electron chi connectivity index (χ0n) is 27.6. The topological polar surface area (TPSA) is 0 Å². The summed E-state index contributed by atoms with van der Waals surface area (Å²) in [7, 11) is 0. The van der Waals surface area contributed by atoms with E-state index in [1.165, 1.54) is 199 Å². The van der Waals surface area contributed by atoms with E-state index < -0.39 is 0 Å². The van der Waals surface area contributed by atoms with Gasteiger partial charge in [0.05, 0.1) is 0 Å². The molecule has 0 aromatic heterocycles. The molecule has 0 aliphatic heterocycles. The molecule has 0 nitrogen and oxygen atoms in total. The van der Waals surface area contributed by atoms with Gasteiger partial charge < -0.3 is 0 Å². The van der Waals surface area contributed by atoms with Crippen molar-refractivity contribution in [2.75, 3.05) is 11.5 Å². The van der Waals surface area contributed by atoms with Gasteiger partial charge in [-0.3, -0.25) is 0 Å². The molecule has 2 rings (SSSR count). The molecule has 0 amide bonds. The van der Waals surface area contributed by atoms with E-state index in [1.807, 2.05) is 0 Å². The van der Waals surface area contributed by atoms with Crippen LogP contribution in [0.1, 0.15) is 165 Å². The fraction of sp³-hybridized carbons (Fsp3) is 0.700. The fourth-order valence-corrected chi connectivity index (χ4v) is 7.56. The number of unbranched alkanes of at least 4 members (excludes halogenated alkanes) is 22. The zero-order valence-corrected chi connectivity index (χ0v) is 31.6. The number of thioether (sulfide) groups is 1. The average molecular weight is 737 g/mol. The lowest BCUT2D eigenvalue weighted by Crippen LogP contribution is -1.88. The maximum atomic E-state index is 3.52. The van der Waals surface area contributed by atoms with Crippen LogP contribution < -0.4 is 0 Å². The Labute approximate surface area is 289 Å². The third-order valence-electron chi connectivity index (χ3n) is 8.83. The Hall–Kier alpha value is -0.250. The van der Waals surface area contributed by atoms with Crippen molar-refractivity contribution in [1.29, 1.82) is 0 Å². The van der Waals surface area contributed by atoms with Crippen LogP contribution in [0.2, 0.25) is 0 Å². The Morgan fingerprint density at radius 3 is 0.814 bits per heavy atom. The predicted molar refractivity (Wildman–Crippen MR) is 204 cm³/mol. The van der Waals surface area contributed by atoms with Crippen molar-refractivity contribution >= 4 is 43.6 Å². The molecule has 0 unspecified atom stereocenters. The number of halogens is 2. The maximum absolute atomic E-state index is 3.52. The summed E-state index contributed by atoms with van der Waals surface area (Å²) in [6.07, 6.45) is 37.0. The van der Waals surface area contributed by atoms with Gasteiger partial charge in [0.25, 0.3) is 0 Å². The van der Waals surface area contributed by atoms with Crippen LogP contribution in [0, 0.1) is 0 Å². The monoisotopic (exact) mass is 734 g/mol. The normalized spacial score (nSPS) is 11.4. The SMILES string of the molecule is Brc1ccc(CCCCCCCCCCCCCCSCCCCCCCCCCCCCCc2ccc(Br)cc2)cc1. The van der Waals surface area contributed by atoms with Crippen molar-refractivity contribution in [3.63, 3.8) is 0 Å². The summed E-state index contributed by atoms with van der Waals surface area (Å²) in [6.45, 7) is 0. The second kappa shape index (κ2) is 29.2. The van der Waals surface area contributed by atoms with E-state index in [0.717, 1.165) is 0 Å². The van der Waals surface area contributed by atoms with Gasteiger partial charge in [0.2, 0.25) is 0 Å². The predicted octanol–water partition coefficient (Wildman–Crippen LogP) is 15.1. The largest absolute Gasteiger partial charge is 0.162 e. The van der Waals surface area contributed by atoms with Gasteiger partial charge in [0.15, 0.2) is 0 Å². The van der Waals surface area contributed by atoms with Gasteiger partial charge >= 0.3 is 0 Å². The Balaban J connectivity index is 1.16. The number of hydrogen-bond acceptors (Lipinski definition) is 1. The van der Waals surface area contributed by atoms with E-state index in [9.17, 15) is 0 Å². The molecule has 2 aromatic carbocycles. The first-order valence-corrected chi connectivity index (χ1v) is 21.0. The summed E-state index contributed by atoms with van der Waals surface area (Å²) in [5, 5.41) is 0. The summed E-state index contributed by atoms with van der Waals surface area (Å²) in [6, 6.07) is 17.7. The Morgan fingerprint density at radius 2 is 0.535 bits per heavy atom. The van der Waals surface area contributed by atoms with Crippen LogP contribution >= 0.6 is 43.6 Å². The lowest BCUT2D eigenvalue weighted by atomic mass is 10.0. The molecule has 0 N–H and O–H groups in total. The van der Waals surface area contributed by atoms with Crippen molar-refractivity contribution in [3.8, 4) is 0 Å². The van der Waals surface area contributed by atoms with E-state index >= 15 is 0 Å². The molecule has 0 aliphatic rings. The van der Waals surface area contributed by atoms with Gasteiger partial charge in [-0.05, 0) is 85.4 Å². The summed E-state index contributed by atoms with van der Waals surface area (Å²) in [5.41, 5.74) is 2.96. The molecule has 0 radical (unpaired) electrons. The van der Waals surface area contributed by atoms with Crippen molar-refractivity contribution in [2.24, 2.45) is 0 Å². The molecular formula is C40H64Br2S. The minimum absolute atomic E-state index is 1.18. The van der Waals surface area contributed by atoms with Crippen molar-refractivity contribution in [3.05, 3.63) is 68.6 Å². The molecule has 2 aromatic rings. The van der Waals surface area contributed by atoms with Crippen LogP contribution in [-0.2, 0) is 12.8 Å². The Kier molecular flexibility index (Phi) is 26.4. The van der Waals surface area contributed by atoms with Gasteiger partial charge in [-0.25, -0.2) is 0 Å². The summed E-state index contributed by atoms with van der Waals surface area (Å²) < 4.78 is 2.37. The Morgan fingerprint density at radius 1 is 0.302 bits per heavy atom. The van der Waals surface area contributed by atoms with Gasteiger partial charge in [-0.1, -0.05) is 185 Å². The number of aryl methyl sites for hydroxylation is 2. The lowest BCUT2D eigenvalue weighted by Gasteiger charge is -2.05. The molecule has 0 atom stereocenters. The van der Waals surface area contributed by atoms with Crippen LogP contribution in [0.4, 0.5) is 0 Å². The third kappa shape index (κ3) is 24.6.